The summed E-state index contributed by atoms with van der Waals surface area (Å²) in [5.74, 6) is -0.239. The van der Waals surface area contributed by atoms with E-state index < -0.39 is 0 Å². The molecule has 0 radical (unpaired) electrons. The Hall–Kier alpha value is -1.69. The Kier molecular flexibility index (Phi) is 4.31. The molecule has 0 bridgehead atoms. The fraction of sp³-hybridized carbons (Fsp3) is 0.462. The molecule has 0 aliphatic rings. The van der Waals surface area contributed by atoms with Crippen molar-refractivity contribution < 1.29 is 9.53 Å². The molecule has 0 amide bonds. The van der Waals surface area contributed by atoms with Crippen molar-refractivity contribution in [3.8, 4) is 10.6 Å². The van der Waals surface area contributed by atoms with Crippen LogP contribution >= 0.6 is 11.3 Å². The summed E-state index contributed by atoms with van der Waals surface area (Å²) in [7, 11) is 0. The Morgan fingerprint density at radius 1 is 1.53 bits per heavy atom. The number of esters is 1. The van der Waals surface area contributed by atoms with E-state index in [9.17, 15) is 4.79 Å². The zero-order chi connectivity index (χ0) is 13.8. The van der Waals surface area contributed by atoms with Gasteiger partial charge in [0.15, 0.2) is 0 Å². The largest absolute Gasteiger partial charge is 0.466 e. The second-order valence-electron chi connectivity index (χ2n) is 4.43. The van der Waals surface area contributed by atoms with Crippen molar-refractivity contribution in [1.29, 1.82) is 0 Å². The Morgan fingerprint density at radius 3 is 2.95 bits per heavy atom. The third kappa shape index (κ3) is 3.41. The minimum atomic E-state index is -0.239. The number of thiazole rings is 1. The summed E-state index contributed by atoms with van der Waals surface area (Å²) < 4.78 is 6.80. The van der Waals surface area contributed by atoms with Crippen LogP contribution in [0.3, 0.4) is 0 Å². The van der Waals surface area contributed by atoms with Gasteiger partial charge in [-0.15, -0.1) is 11.3 Å². The molecule has 0 aliphatic carbocycles. The van der Waals surface area contributed by atoms with Gasteiger partial charge in [-0.25, -0.2) is 4.98 Å². The molecule has 0 saturated carbocycles. The molecule has 102 valence electrons. The van der Waals surface area contributed by atoms with E-state index in [1.807, 2.05) is 16.3 Å². The van der Waals surface area contributed by atoms with Gasteiger partial charge >= 0.3 is 5.97 Å². The van der Waals surface area contributed by atoms with Crippen LogP contribution in [0.5, 0.6) is 0 Å². The van der Waals surface area contributed by atoms with Crippen LogP contribution in [-0.2, 0) is 16.0 Å². The fourth-order valence-electron chi connectivity index (χ4n) is 1.61. The van der Waals surface area contributed by atoms with Crippen LogP contribution in [-0.4, -0.2) is 27.3 Å². The van der Waals surface area contributed by atoms with Crippen LogP contribution in [0.4, 0.5) is 0 Å². The van der Waals surface area contributed by atoms with Crippen molar-refractivity contribution >= 4 is 17.3 Å². The number of aromatic nitrogens is 3. The van der Waals surface area contributed by atoms with Gasteiger partial charge in [0.2, 0.25) is 0 Å². The molecule has 6 heteroatoms. The minimum absolute atomic E-state index is 0.225. The van der Waals surface area contributed by atoms with Crippen molar-refractivity contribution in [2.75, 3.05) is 6.61 Å². The van der Waals surface area contributed by atoms with Gasteiger partial charge in [0.25, 0.3) is 0 Å². The Labute approximate surface area is 116 Å². The lowest BCUT2D eigenvalue weighted by molar-refractivity contribution is -0.142. The monoisotopic (exact) mass is 279 g/mol. The highest BCUT2D eigenvalue weighted by molar-refractivity contribution is 7.13. The smallest absolute Gasteiger partial charge is 0.311 e. The summed E-state index contributed by atoms with van der Waals surface area (Å²) in [6.45, 7) is 6.34. The second-order valence-corrected chi connectivity index (χ2v) is 5.29. The van der Waals surface area contributed by atoms with Crippen molar-refractivity contribution in [3.05, 3.63) is 23.5 Å². The van der Waals surface area contributed by atoms with Crippen molar-refractivity contribution in [2.45, 2.75) is 33.2 Å². The first-order valence-electron chi connectivity index (χ1n) is 6.24. The van der Waals surface area contributed by atoms with Gasteiger partial charge in [-0.3, -0.25) is 9.48 Å². The molecule has 2 rings (SSSR count). The first kappa shape index (κ1) is 13.7. The third-order valence-electron chi connectivity index (χ3n) is 2.56. The fourth-order valence-corrected chi connectivity index (χ4v) is 2.41. The lowest BCUT2D eigenvalue weighted by Crippen LogP contribution is -2.07. The van der Waals surface area contributed by atoms with E-state index in [-0.39, 0.29) is 12.4 Å². The summed E-state index contributed by atoms with van der Waals surface area (Å²) in [6, 6.07) is 0.327. The van der Waals surface area contributed by atoms with Gasteiger partial charge in [0, 0.05) is 23.2 Å². The molecule has 0 N–H and O–H groups in total. The first-order valence-corrected chi connectivity index (χ1v) is 7.12. The highest BCUT2D eigenvalue weighted by Gasteiger charge is 2.11. The van der Waals surface area contributed by atoms with E-state index in [0.717, 1.165) is 16.3 Å². The number of hydrogen-bond acceptors (Lipinski definition) is 5. The van der Waals surface area contributed by atoms with Crippen LogP contribution in [0.25, 0.3) is 10.6 Å². The Morgan fingerprint density at radius 2 is 2.32 bits per heavy atom. The van der Waals surface area contributed by atoms with E-state index in [1.165, 1.54) is 11.3 Å². The molecular weight excluding hydrogens is 262 g/mol. The lowest BCUT2D eigenvalue weighted by Gasteiger charge is -2.02. The van der Waals surface area contributed by atoms with Gasteiger partial charge in [-0.1, -0.05) is 0 Å². The summed E-state index contributed by atoms with van der Waals surface area (Å²) >= 11 is 1.52. The number of ether oxygens (including phenoxy) is 1. The Balaban J connectivity index is 2.09. The summed E-state index contributed by atoms with van der Waals surface area (Å²) in [5.41, 5.74) is 1.73. The second kappa shape index (κ2) is 5.97. The van der Waals surface area contributed by atoms with Gasteiger partial charge in [0.05, 0.1) is 24.9 Å². The van der Waals surface area contributed by atoms with E-state index in [2.05, 4.69) is 23.9 Å². The molecule has 2 aromatic heterocycles. The van der Waals surface area contributed by atoms with Crippen LogP contribution in [0.15, 0.2) is 17.8 Å². The lowest BCUT2D eigenvalue weighted by atomic mass is 10.3. The average Bonchev–Trinajstić information content (AvgIpc) is 2.96. The van der Waals surface area contributed by atoms with E-state index in [4.69, 9.17) is 4.74 Å². The highest BCUT2D eigenvalue weighted by atomic mass is 32.1. The number of nitrogens with zero attached hydrogens (tertiary/aromatic N) is 3. The Bertz CT molecular complexity index is 560. The van der Waals surface area contributed by atoms with Crippen LogP contribution < -0.4 is 0 Å². The molecule has 0 atom stereocenters. The maximum Gasteiger partial charge on any atom is 0.311 e. The molecule has 2 heterocycles. The van der Waals surface area contributed by atoms with Crippen molar-refractivity contribution in [2.24, 2.45) is 0 Å². The molecule has 5 nitrogen and oxygen atoms in total. The molecular formula is C13H17N3O2S. The van der Waals surface area contributed by atoms with Crippen LogP contribution in [0, 0.1) is 0 Å². The van der Waals surface area contributed by atoms with Crippen molar-refractivity contribution in [1.82, 2.24) is 14.8 Å². The zero-order valence-corrected chi connectivity index (χ0v) is 12.1. The molecule has 19 heavy (non-hydrogen) atoms. The number of carbonyl (C=O) groups excluding carboxylic acids is 1. The summed E-state index contributed by atoms with van der Waals surface area (Å²) in [5, 5.41) is 7.05. The van der Waals surface area contributed by atoms with Crippen LogP contribution in [0.1, 0.15) is 32.5 Å². The van der Waals surface area contributed by atoms with Crippen molar-refractivity contribution in [3.63, 3.8) is 0 Å². The molecule has 2 aromatic rings. The average molecular weight is 279 g/mol. The molecule has 0 saturated heterocycles. The predicted molar refractivity (Wildman–Crippen MR) is 74.1 cm³/mol. The number of carbonyl (C=O) groups is 1. The number of hydrogen-bond donors (Lipinski definition) is 0. The number of rotatable bonds is 5. The summed E-state index contributed by atoms with van der Waals surface area (Å²) in [4.78, 5) is 15.8. The van der Waals surface area contributed by atoms with Crippen LogP contribution in [0.2, 0.25) is 0 Å². The molecule has 0 unspecified atom stereocenters. The van der Waals surface area contributed by atoms with E-state index in [0.29, 0.717) is 12.6 Å². The van der Waals surface area contributed by atoms with Gasteiger partial charge in [0.1, 0.15) is 5.01 Å². The van der Waals surface area contributed by atoms with Gasteiger partial charge < -0.3 is 4.74 Å². The minimum Gasteiger partial charge on any atom is -0.466 e. The molecule has 0 aromatic carbocycles. The quantitative estimate of drug-likeness (QED) is 0.790. The molecule has 0 spiro atoms. The van der Waals surface area contributed by atoms with E-state index >= 15 is 0 Å². The maximum absolute atomic E-state index is 11.4. The van der Waals surface area contributed by atoms with Gasteiger partial charge in [-0.2, -0.15) is 5.10 Å². The zero-order valence-electron chi connectivity index (χ0n) is 11.3. The summed E-state index contributed by atoms with van der Waals surface area (Å²) in [6.07, 6.45) is 3.99. The molecule has 0 fully saturated rings. The first-order chi connectivity index (χ1) is 9.10. The SMILES string of the molecule is CCOC(=O)Cc1csc(-c2cnn(C(C)C)c2)n1. The normalized spacial score (nSPS) is 10.9. The third-order valence-corrected chi connectivity index (χ3v) is 3.50. The van der Waals surface area contributed by atoms with Gasteiger partial charge in [-0.05, 0) is 20.8 Å². The maximum atomic E-state index is 11.4. The molecule has 0 aliphatic heterocycles. The predicted octanol–water partition coefficient (Wildman–Crippen LogP) is 2.69. The van der Waals surface area contributed by atoms with E-state index in [1.54, 1.807) is 13.1 Å². The highest BCUT2D eigenvalue weighted by Crippen LogP contribution is 2.24. The topological polar surface area (TPSA) is 57.0 Å². The standard InChI is InChI=1S/C13H17N3O2S/c1-4-18-12(17)5-11-8-19-13(15-11)10-6-14-16(7-10)9(2)3/h6-9H,4-5H2,1-3H3.